The van der Waals surface area contributed by atoms with Crippen molar-refractivity contribution in [3.63, 3.8) is 0 Å². The van der Waals surface area contributed by atoms with Crippen LogP contribution < -0.4 is 5.73 Å². The summed E-state index contributed by atoms with van der Waals surface area (Å²) in [5.41, 5.74) is 6.62. The van der Waals surface area contributed by atoms with E-state index in [1.165, 1.54) is 6.42 Å². The summed E-state index contributed by atoms with van der Waals surface area (Å²) in [5, 5.41) is 9.34. The molecule has 124 valence electrons. The third-order valence-corrected chi connectivity index (χ3v) is 4.28. The molecule has 1 aliphatic rings. The number of piperazine rings is 1. The molecule has 0 radical (unpaired) electrons. The fraction of sp³-hybridized carbons (Fsp3) is 0.750. The van der Waals surface area contributed by atoms with Crippen molar-refractivity contribution in [2.75, 3.05) is 38.5 Å². The van der Waals surface area contributed by atoms with E-state index in [4.69, 9.17) is 5.73 Å². The number of rotatable bonds is 7. The van der Waals surface area contributed by atoms with E-state index in [2.05, 4.69) is 33.6 Å². The highest BCUT2D eigenvalue weighted by Crippen LogP contribution is 2.17. The van der Waals surface area contributed by atoms with Gasteiger partial charge in [0.05, 0.1) is 0 Å². The van der Waals surface area contributed by atoms with Crippen LogP contribution in [0.1, 0.15) is 32.3 Å². The van der Waals surface area contributed by atoms with Gasteiger partial charge in [-0.1, -0.05) is 13.8 Å². The first-order valence-corrected chi connectivity index (χ1v) is 8.22. The molecule has 0 aliphatic carbocycles. The van der Waals surface area contributed by atoms with Crippen LogP contribution in [0.2, 0.25) is 0 Å². The molecule has 0 bridgehead atoms. The van der Waals surface area contributed by atoms with Gasteiger partial charge in [0, 0.05) is 56.8 Å². The van der Waals surface area contributed by atoms with Gasteiger partial charge in [0.25, 0.3) is 0 Å². The first kappa shape index (κ1) is 17.1. The van der Waals surface area contributed by atoms with Crippen molar-refractivity contribution in [2.24, 2.45) is 5.92 Å². The molecule has 3 N–H and O–H groups in total. The summed E-state index contributed by atoms with van der Waals surface area (Å²) in [4.78, 5) is 13.1. The molecule has 6 heteroatoms. The Bertz CT molecular complexity index is 437. The lowest BCUT2D eigenvalue weighted by Gasteiger charge is -2.41. The Morgan fingerprint density at radius 1 is 1.32 bits per heavy atom. The lowest BCUT2D eigenvalue weighted by molar-refractivity contribution is 0.0523. The Kier molecular flexibility index (Phi) is 6.54. The zero-order chi connectivity index (χ0) is 15.9. The van der Waals surface area contributed by atoms with Gasteiger partial charge >= 0.3 is 0 Å². The molecule has 1 atom stereocenters. The summed E-state index contributed by atoms with van der Waals surface area (Å²) < 4.78 is 0. The number of anilines is 1. The summed E-state index contributed by atoms with van der Waals surface area (Å²) >= 11 is 0. The van der Waals surface area contributed by atoms with Crippen molar-refractivity contribution in [1.82, 2.24) is 19.8 Å². The van der Waals surface area contributed by atoms with Crippen LogP contribution in [-0.2, 0) is 6.54 Å². The number of nitrogens with two attached hydrogens (primary N) is 1. The van der Waals surface area contributed by atoms with Gasteiger partial charge in [0.15, 0.2) is 0 Å². The number of hydrogen-bond acceptors (Lipinski definition) is 6. The summed E-state index contributed by atoms with van der Waals surface area (Å²) in [6.07, 6.45) is 5.66. The zero-order valence-electron chi connectivity index (χ0n) is 13.8. The smallest absolute Gasteiger partial charge is 0.219 e. The van der Waals surface area contributed by atoms with Crippen LogP contribution in [0, 0.1) is 5.92 Å². The van der Waals surface area contributed by atoms with Crippen LogP contribution in [0.5, 0.6) is 0 Å². The average molecular weight is 307 g/mol. The maximum Gasteiger partial charge on any atom is 0.219 e. The van der Waals surface area contributed by atoms with Crippen LogP contribution in [0.15, 0.2) is 12.4 Å². The third kappa shape index (κ3) is 5.19. The molecule has 1 saturated heterocycles. The van der Waals surface area contributed by atoms with Gasteiger partial charge < -0.3 is 10.8 Å². The number of aromatic nitrogens is 2. The molecule has 0 saturated carbocycles. The topological polar surface area (TPSA) is 78.5 Å². The van der Waals surface area contributed by atoms with E-state index in [0.29, 0.717) is 12.0 Å². The van der Waals surface area contributed by atoms with E-state index in [-0.39, 0.29) is 6.61 Å². The number of aliphatic hydroxyl groups excluding tert-OH is 1. The average Bonchev–Trinajstić information content (AvgIpc) is 2.49. The predicted molar refractivity (Wildman–Crippen MR) is 88.2 cm³/mol. The fourth-order valence-electron chi connectivity index (χ4n) is 2.95. The summed E-state index contributed by atoms with van der Waals surface area (Å²) in [6.45, 7) is 9.85. The molecule has 2 rings (SSSR count). The van der Waals surface area contributed by atoms with Gasteiger partial charge in [-0.3, -0.25) is 9.80 Å². The highest BCUT2D eigenvalue weighted by molar-refractivity contribution is 5.17. The van der Waals surface area contributed by atoms with Gasteiger partial charge in [-0.15, -0.1) is 0 Å². The highest BCUT2D eigenvalue weighted by atomic mass is 16.3. The Morgan fingerprint density at radius 3 is 2.68 bits per heavy atom. The second-order valence-electron chi connectivity index (χ2n) is 6.57. The number of nitrogens with zero attached hydrogens (tertiary/aromatic N) is 4. The molecule has 22 heavy (non-hydrogen) atoms. The Labute approximate surface area is 133 Å². The third-order valence-electron chi connectivity index (χ3n) is 4.28. The lowest BCUT2D eigenvalue weighted by Crippen LogP contribution is -2.53. The Hall–Kier alpha value is -1.24. The molecule has 1 fully saturated rings. The SMILES string of the molecule is CC(C)CCN1CCN(Cc2cnc(N)nc2)C[C@@H]1CCO. The van der Waals surface area contributed by atoms with E-state index < -0.39 is 0 Å². The highest BCUT2D eigenvalue weighted by Gasteiger charge is 2.26. The number of nitrogen functional groups attached to an aromatic ring is 1. The Balaban J connectivity index is 1.89. The van der Waals surface area contributed by atoms with Crippen LogP contribution in [0.25, 0.3) is 0 Å². The molecule has 6 nitrogen and oxygen atoms in total. The molecular formula is C16H29N5O. The van der Waals surface area contributed by atoms with Crippen LogP contribution >= 0.6 is 0 Å². The summed E-state index contributed by atoms with van der Waals surface area (Å²) in [6, 6.07) is 0.437. The molecule has 1 aromatic heterocycles. The van der Waals surface area contributed by atoms with Crippen molar-refractivity contribution in [3.8, 4) is 0 Å². The molecule has 2 heterocycles. The molecule has 0 aromatic carbocycles. The van der Waals surface area contributed by atoms with Gasteiger partial charge in [-0.05, 0) is 25.3 Å². The predicted octanol–water partition coefficient (Wildman–Crippen LogP) is 0.974. The largest absolute Gasteiger partial charge is 0.396 e. The minimum absolute atomic E-state index is 0.252. The molecular weight excluding hydrogens is 278 g/mol. The molecule has 0 spiro atoms. The van der Waals surface area contributed by atoms with Gasteiger partial charge in [0.2, 0.25) is 5.95 Å². The molecule has 1 aliphatic heterocycles. The summed E-state index contributed by atoms with van der Waals surface area (Å²) in [5.74, 6) is 1.04. The monoisotopic (exact) mass is 307 g/mol. The maximum absolute atomic E-state index is 9.34. The van der Waals surface area contributed by atoms with Crippen LogP contribution in [0.3, 0.4) is 0 Å². The fourth-order valence-corrected chi connectivity index (χ4v) is 2.95. The van der Waals surface area contributed by atoms with Gasteiger partial charge in [0.1, 0.15) is 0 Å². The zero-order valence-corrected chi connectivity index (χ0v) is 13.8. The molecule has 0 unspecified atom stereocenters. The quantitative estimate of drug-likeness (QED) is 0.781. The van der Waals surface area contributed by atoms with Gasteiger partial charge in [-0.25, -0.2) is 9.97 Å². The van der Waals surface area contributed by atoms with E-state index in [9.17, 15) is 5.11 Å². The van der Waals surface area contributed by atoms with E-state index in [0.717, 1.165) is 50.6 Å². The normalized spacial score (nSPS) is 20.6. The second kappa shape index (κ2) is 8.41. The minimum atomic E-state index is 0.252. The van der Waals surface area contributed by atoms with Crippen molar-refractivity contribution < 1.29 is 5.11 Å². The maximum atomic E-state index is 9.34. The Morgan fingerprint density at radius 2 is 2.05 bits per heavy atom. The standard InChI is InChI=1S/C16H29N5O/c1-13(2)3-5-21-7-6-20(12-15(21)4-8-22)11-14-9-18-16(17)19-10-14/h9-10,13,15,22H,3-8,11-12H2,1-2H3,(H2,17,18,19)/t15-/m0/s1. The van der Waals surface area contributed by atoms with Crippen molar-refractivity contribution in [1.29, 1.82) is 0 Å². The van der Waals surface area contributed by atoms with Crippen molar-refractivity contribution in [3.05, 3.63) is 18.0 Å². The minimum Gasteiger partial charge on any atom is -0.396 e. The van der Waals surface area contributed by atoms with Crippen LogP contribution in [-0.4, -0.2) is 63.7 Å². The van der Waals surface area contributed by atoms with E-state index in [1.807, 2.05) is 0 Å². The molecule has 1 aromatic rings. The van der Waals surface area contributed by atoms with Gasteiger partial charge in [-0.2, -0.15) is 0 Å². The second-order valence-corrected chi connectivity index (χ2v) is 6.57. The lowest BCUT2D eigenvalue weighted by atomic mass is 10.1. The molecule has 0 amide bonds. The first-order valence-electron chi connectivity index (χ1n) is 8.22. The summed E-state index contributed by atoms with van der Waals surface area (Å²) in [7, 11) is 0. The number of aliphatic hydroxyl groups is 1. The van der Waals surface area contributed by atoms with Crippen molar-refractivity contribution >= 4 is 5.95 Å². The van der Waals surface area contributed by atoms with E-state index in [1.54, 1.807) is 12.4 Å². The number of hydrogen-bond donors (Lipinski definition) is 2. The van der Waals surface area contributed by atoms with Crippen LogP contribution in [0.4, 0.5) is 5.95 Å². The first-order chi connectivity index (χ1) is 10.6. The van der Waals surface area contributed by atoms with E-state index >= 15 is 0 Å². The van der Waals surface area contributed by atoms with Crippen molar-refractivity contribution in [2.45, 2.75) is 39.3 Å².